The van der Waals surface area contributed by atoms with Crippen molar-refractivity contribution in [1.29, 1.82) is 0 Å². The Balaban J connectivity index is 1.14. The van der Waals surface area contributed by atoms with Crippen molar-refractivity contribution in [3.63, 3.8) is 0 Å². The largest absolute Gasteiger partial charge is 0.492 e. The molecule has 16 heteroatoms. The highest BCUT2D eigenvalue weighted by Crippen LogP contribution is 2.39. The number of nitrogens with one attached hydrogen (secondary N) is 1. The minimum Gasteiger partial charge on any atom is -0.492 e. The van der Waals surface area contributed by atoms with Crippen LogP contribution in [0.5, 0.6) is 11.5 Å². The third-order valence-electron chi connectivity index (χ3n) is 9.00. The fraction of sp³-hybridized carbons (Fsp3) is 0.471. The topological polar surface area (TPSA) is 178 Å². The Morgan fingerprint density at radius 1 is 1.04 bits per heavy atom. The molecule has 1 spiro atoms. The van der Waals surface area contributed by atoms with Gasteiger partial charge in [-0.25, -0.2) is 16.8 Å². The second-order valence-corrected chi connectivity index (χ2v) is 16.4. The fourth-order valence-electron chi connectivity index (χ4n) is 6.14. The monoisotopic (exact) mass is 739 g/mol. The Morgan fingerprint density at radius 3 is 2.40 bits per heavy atom. The molecular weight excluding hydrogens is 697 g/mol. The molecule has 5 rings (SSSR count). The Labute approximate surface area is 291 Å². The lowest BCUT2D eigenvalue weighted by atomic mass is 9.88. The predicted molar refractivity (Wildman–Crippen MR) is 181 cm³/mol. The minimum atomic E-state index is -5.13. The standard InChI is InChI=1S/C34H43F2N3O9S2/c1-2-46-31-11-10-26(25-8-6-24(19-37)7-9-25)16-32(31)50(44,45)39-14-12-33(13-15-39)18-27(21-48-33)38-20-28(41)22-47-29-4-3-5-30(17-29)49(42,43)34(35,36)23-40/h3-11,16-17,27-28,38,40-41H,2,12-15,18-23,37H2,1H3/t27-,28+/m1/s1. The quantitative estimate of drug-likeness (QED) is 0.180. The van der Waals surface area contributed by atoms with Crippen molar-refractivity contribution in [2.24, 2.45) is 5.73 Å². The summed E-state index contributed by atoms with van der Waals surface area (Å²) in [4.78, 5) is -0.610. The van der Waals surface area contributed by atoms with E-state index in [9.17, 15) is 30.7 Å². The lowest BCUT2D eigenvalue weighted by Crippen LogP contribution is -2.47. The molecule has 0 unspecified atom stereocenters. The molecule has 0 radical (unpaired) electrons. The average molecular weight is 740 g/mol. The zero-order chi connectivity index (χ0) is 36.2. The van der Waals surface area contributed by atoms with Crippen LogP contribution in [0.4, 0.5) is 8.78 Å². The molecule has 0 saturated carbocycles. The predicted octanol–water partition coefficient (Wildman–Crippen LogP) is 2.91. The molecule has 2 heterocycles. The third-order valence-corrected chi connectivity index (χ3v) is 12.7. The molecule has 2 saturated heterocycles. The van der Waals surface area contributed by atoms with Crippen LogP contribution in [0.1, 0.15) is 31.7 Å². The Bertz CT molecular complexity index is 1840. The third kappa shape index (κ3) is 8.29. The molecule has 3 aromatic rings. The summed E-state index contributed by atoms with van der Waals surface area (Å²) in [5.41, 5.74) is 7.78. The highest BCUT2D eigenvalue weighted by Gasteiger charge is 2.46. The summed E-state index contributed by atoms with van der Waals surface area (Å²) in [6, 6.07) is 17.2. The van der Waals surface area contributed by atoms with Gasteiger partial charge in [-0.05, 0) is 73.2 Å². The fourth-order valence-corrected chi connectivity index (χ4v) is 8.78. The van der Waals surface area contributed by atoms with Gasteiger partial charge in [0, 0.05) is 32.2 Å². The van der Waals surface area contributed by atoms with Gasteiger partial charge in [0.05, 0.1) is 23.7 Å². The SMILES string of the molecule is CCOc1ccc(-c2ccc(CN)cc2)cc1S(=O)(=O)N1CCC2(CC1)C[C@@H](NC[C@H](O)COc1cccc(S(=O)(=O)C(F)(F)CO)c1)CO2. The summed E-state index contributed by atoms with van der Waals surface area (Å²) in [6.07, 6.45) is 0.543. The molecule has 3 aromatic carbocycles. The smallest absolute Gasteiger partial charge is 0.372 e. The van der Waals surface area contributed by atoms with Crippen LogP contribution in [-0.4, -0.2) is 100 Å². The maximum atomic E-state index is 14.0. The second-order valence-electron chi connectivity index (χ2n) is 12.4. The van der Waals surface area contributed by atoms with Crippen molar-refractivity contribution >= 4 is 19.9 Å². The highest BCUT2D eigenvalue weighted by atomic mass is 32.2. The first-order valence-electron chi connectivity index (χ1n) is 16.3. The van der Waals surface area contributed by atoms with Crippen LogP contribution in [-0.2, 0) is 31.1 Å². The molecule has 2 fully saturated rings. The van der Waals surface area contributed by atoms with Gasteiger partial charge in [0.2, 0.25) is 19.9 Å². The van der Waals surface area contributed by atoms with E-state index in [1.54, 1.807) is 19.1 Å². The molecule has 0 aliphatic carbocycles. The molecule has 50 heavy (non-hydrogen) atoms. The van der Waals surface area contributed by atoms with Crippen molar-refractivity contribution in [2.75, 3.05) is 46.1 Å². The number of aliphatic hydroxyl groups is 2. The summed E-state index contributed by atoms with van der Waals surface area (Å²) in [5, 5.41) is 18.2. The van der Waals surface area contributed by atoms with Crippen molar-refractivity contribution in [2.45, 2.75) is 65.5 Å². The highest BCUT2D eigenvalue weighted by molar-refractivity contribution is 7.92. The number of benzene rings is 3. The van der Waals surface area contributed by atoms with Crippen LogP contribution in [0.2, 0.25) is 0 Å². The van der Waals surface area contributed by atoms with Gasteiger partial charge in [-0.3, -0.25) is 0 Å². The molecule has 2 aliphatic rings. The van der Waals surface area contributed by atoms with E-state index < -0.39 is 48.3 Å². The van der Waals surface area contributed by atoms with E-state index in [2.05, 4.69) is 5.32 Å². The summed E-state index contributed by atoms with van der Waals surface area (Å²) in [5.74, 6) is 0.255. The Kier molecular flexibility index (Phi) is 11.8. The van der Waals surface area contributed by atoms with Gasteiger partial charge in [-0.15, -0.1) is 0 Å². The normalized spacial score (nSPS) is 19.0. The van der Waals surface area contributed by atoms with Gasteiger partial charge in [-0.2, -0.15) is 13.1 Å². The minimum absolute atomic E-state index is 0.0370. The lowest BCUT2D eigenvalue weighted by Gasteiger charge is -2.38. The Hall–Kier alpha value is -3.22. The number of rotatable bonds is 15. The van der Waals surface area contributed by atoms with E-state index in [1.807, 2.05) is 30.3 Å². The van der Waals surface area contributed by atoms with E-state index >= 15 is 0 Å². The number of hydrogen-bond acceptors (Lipinski definition) is 11. The van der Waals surface area contributed by atoms with Crippen LogP contribution in [0, 0.1) is 0 Å². The molecule has 5 N–H and O–H groups in total. The van der Waals surface area contributed by atoms with E-state index in [0.29, 0.717) is 44.8 Å². The van der Waals surface area contributed by atoms with Crippen LogP contribution in [0.3, 0.4) is 0 Å². The zero-order valence-corrected chi connectivity index (χ0v) is 29.3. The molecule has 0 bridgehead atoms. The number of sulfone groups is 1. The zero-order valence-electron chi connectivity index (χ0n) is 27.6. The number of hydrogen-bond donors (Lipinski definition) is 4. The number of piperidine rings is 1. The second kappa shape index (κ2) is 15.6. The number of halogens is 2. The van der Waals surface area contributed by atoms with Gasteiger partial charge in [0.1, 0.15) is 35.7 Å². The number of ether oxygens (including phenoxy) is 3. The number of alkyl halides is 2. The summed E-state index contributed by atoms with van der Waals surface area (Å²) >= 11 is 0. The number of nitrogens with zero attached hydrogens (tertiary/aromatic N) is 1. The summed E-state index contributed by atoms with van der Waals surface area (Å²) < 4.78 is 98.5. The van der Waals surface area contributed by atoms with Gasteiger partial charge in [-0.1, -0.05) is 36.4 Å². The van der Waals surface area contributed by atoms with Crippen LogP contribution >= 0.6 is 0 Å². The first-order valence-corrected chi connectivity index (χ1v) is 19.2. The molecule has 0 aromatic heterocycles. The Morgan fingerprint density at radius 2 is 1.74 bits per heavy atom. The van der Waals surface area contributed by atoms with Crippen molar-refractivity contribution in [3.8, 4) is 22.6 Å². The lowest BCUT2D eigenvalue weighted by molar-refractivity contribution is -0.0312. The number of aliphatic hydroxyl groups excluding tert-OH is 2. The maximum Gasteiger partial charge on any atom is 0.372 e. The first kappa shape index (κ1) is 38.0. The maximum absolute atomic E-state index is 14.0. The summed E-state index contributed by atoms with van der Waals surface area (Å²) in [6.45, 7) is 1.39. The number of nitrogens with two attached hydrogens (primary N) is 1. The van der Waals surface area contributed by atoms with Crippen molar-refractivity contribution < 1.29 is 50.0 Å². The molecule has 12 nitrogen and oxygen atoms in total. The molecule has 2 aliphatic heterocycles. The van der Waals surface area contributed by atoms with Crippen molar-refractivity contribution in [3.05, 3.63) is 72.3 Å². The van der Waals surface area contributed by atoms with Gasteiger partial charge >= 0.3 is 5.25 Å². The van der Waals surface area contributed by atoms with E-state index in [-0.39, 0.29) is 42.9 Å². The molecular formula is C34H43F2N3O9S2. The van der Waals surface area contributed by atoms with Crippen LogP contribution in [0.25, 0.3) is 11.1 Å². The molecule has 2 atom stereocenters. The van der Waals surface area contributed by atoms with E-state index in [4.69, 9.17) is 25.1 Å². The van der Waals surface area contributed by atoms with Crippen molar-refractivity contribution in [1.82, 2.24) is 9.62 Å². The number of sulfonamides is 1. The van der Waals surface area contributed by atoms with Gasteiger partial charge in [0.15, 0.2) is 0 Å². The van der Waals surface area contributed by atoms with Crippen LogP contribution < -0.4 is 20.5 Å². The van der Waals surface area contributed by atoms with E-state index in [0.717, 1.165) is 28.8 Å². The van der Waals surface area contributed by atoms with E-state index in [1.165, 1.54) is 16.4 Å². The van der Waals surface area contributed by atoms with Crippen LogP contribution in [0.15, 0.2) is 76.5 Å². The molecule has 274 valence electrons. The molecule has 0 amide bonds. The van der Waals surface area contributed by atoms with Gasteiger partial charge < -0.3 is 35.5 Å². The average Bonchev–Trinajstić information content (AvgIpc) is 3.52. The first-order chi connectivity index (χ1) is 23.7. The summed E-state index contributed by atoms with van der Waals surface area (Å²) in [7, 11) is -9.03. The van der Waals surface area contributed by atoms with Gasteiger partial charge in [0.25, 0.3) is 0 Å².